The van der Waals surface area contributed by atoms with Crippen LogP contribution < -0.4 is 5.73 Å². The van der Waals surface area contributed by atoms with Gasteiger partial charge in [0.05, 0.1) is 6.54 Å². The van der Waals surface area contributed by atoms with Crippen LogP contribution in [0.5, 0.6) is 0 Å². The third-order valence-corrected chi connectivity index (χ3v) is 5.33. The predicted octanol–water partition coefficient (Wildman–Crippen LogP) is 4.06. The van der Waals surface area contributed by atoms with E-state index in [-0.39, 0.29) is 5.91 Å². The third-order valence-electron chi connectivity index (χ3n) is 4.76. The van der Waals surface area contributed by atoms with E-state index >= 15 is 0 Å². The highest BCUT2D eigenvalue weighted by Crippen LogP contribution is 2.31. The molecule has 1 unspecified atom stereocenters. The lowest BCUT2D eigenvalue weighted by Crippen LogP contribution is -2.41. The summed E-state index contributed by atoms with van der Waals surface area (Å²) < 4.78 is 0. The number of nitrogens with one attached hydrogen (secondary N) is 1. The van der Waals surface area contributed by atoms with Gasteiger partial charge in [0.1, 0.15) is 6.04 Å². The number of amides is 1. The van der Waals surface area contributed by atoms with Gasteiger partial charge in [-0.2, -0.15) is 0 Å². The van der Waals surface area contributed by atoms with Gasteiger partial charge in [-0.05, 0) is 41.8 Å². The quantitative estimate of drug-likeness (QED) is 0.711. The van der Waals surface area contributed by atoms with Gasteiger partial charge in [0.25, 0.3) is 0 Å². The van der Waals surface area contributed by atoms with Gasteiger partial charge in [0.2, 0.25) is 5.91 Å². The number of nitrogens with zero attached hydrogens (tertiary/aromatic N) is 1. The summed E-state index contributed by atoms with van der Waals surface area (Å²) in [6.45, 7) is 1.14. The van der Waals surface area contributed by atoms with Gasteiger partial charge in [-0.1, -0.05) is 41.4 Å². The van der Waals surface area contributed by atoms with Crippen molar-refractivity contribution < 1.29 is 4.79 Å². The Bertz CT molecular complexity index is 966. The zero-order valence-electron chi connectivity index (χ0n) is 13.4. The Morgan fingerprint density at radius 1 is 1.20 bits per heavy atom. The first-order valence-electron chi connectivity index (χ1n) is 8.12. The third kappa shape index (κ3) is 2.91. The second-order valence-electron chi connectivity index (χ2n) is 6.28. The van der Waals surface area contributed by atoms with Gasteiger partial charge >= 0.3 is 0 Å². The number of halogens is 2. The molecule has 0 radical (unpaired) electrons. The number of carbonyl (C=O) groups is 1. The van der Waals surface area contributed by atoms with Crippen molar-refractivity contribution in [2.24, 2.45) is 5.73 Å². The minimum atomic E-state index is -0.755. The summed E-state index contributed by atoms with van der Waals surface area (Å²) in [5.41, 5.74) is 10.2. The number of carbonyl (C=O) groups excluding carboxylic acids is 1. The molecular formula is C19H17Cl2N3O. The Labute approximate surface area is 155 Å². The maximum absolute atomic E-state index is 12.8. The van der Waals surface area contributed by atoms with Crippen molar-refractivity contribution in [2.75, 3.05) is 6.54 Å². The van der Waals surface area contributed by atoms with E-state index in [0.29, 0.717) is 28.7 Å². The molecule has 128 valence electrons. The second-order valence-corrected chi connectivity index (χ2v) is 7.12. The molecule has 4 nitrogen and oxygen atoms in total. The lowest BCUT2D eigenvalue weighted by molar-refractivity contribution is -0.133. The first-order chi connectivity index (χ1) is 12.0. The van der Waals surface area contributed by atoms with Crippen LogP contribution in [0.15, 0.2) is 42.5 Å². The number of fused-ring (bicyclic) bond motifs is 3. The Morgan fingerprint density at radius 3 is 2.80 bits per heavy atom. The van der Waals surface area contributed by atoms with Gasteiger partial charge in [-0.3, -0.25) is 4.79 Å². The molecule has 0 saturated carbocycles. The summed E-state index contributed by atoms with van der Waals surface area (Å²) in [6.07, 6.45) is 0.774. The summed E-state index contributed by atoms with van der Waals surface area (Å²) in [7, 11) is 0. The standard InChI is InChI=1S/C19H17Cl2N3O/c20-11-5-6-16-14(9-11)12-7-8-24(10-17(12)23-16)19(25)18(22)13-3-1-2-4-15(13)21/h1-6,9,18,23H,7-8,10,22H2. The fraction of sp³-hybridized carbons (Fsp3) is 0.211. The van der Waals surface area contributed by atoms with Crippen LogP contribution in [0.25, 0.3) is 10.9 Å². The van der Waals surface area contributed by atoms with E-state index in [4.69, 9.17) is 28.9 Å². The van der Waals surface area contributed by atoms with E-state index in [1.807, 2.05) is 30.3 Å². The molecule has 0 spiro atoms. The van der Waals surface area contributed by atoms with Crippen LogP contribution in [0.4, 0.5) is 0 Å². The molecule has 6 heteroatoms. The second kappa shape index (κ2) is 6.37. The molecule has 0 saturated heterocycles. The van der Waals surface area contributed by atoms with Gasteiger partial charge < -0.3 is 15.6 Å². The molecule has 0 aliphatic carbocycles. The van der Waals surface area contributed by atoms with E-state index in [9.17, 15) is 4.79 Å². The number of hydrogen-bond donors (Lipinski definition) is 2. The van der Waals surface area contributed by atoms with Crippen molar-refractivity contribution in [3.8, 4) is 0 Å². The summed E-state index contributed by atoms with van der Waals surface area (Å²) in [4.78, 5) is 18.0. The fourth-order valence-corrected chi connectivity index (χ4v) is 3.88. The van der Waals surface area contributed by atoms with E-state index in [1.165, 1.54) is 5.56 Å². The summed E-state index contributed by atoms with van der Waals surface area (Å²) >= 11 is 12.3. The number of benzene rings is 2. The SMILES string of the molecule is NC(C(=O)N1CCc2c([nH]c3ccc(Cl)cc23)C1)c1ccccc1Cl. The van der Waals surface area contributed by atoms with Gasteiger partial charge in [0, 0.05) is 33.2 Å². The van der Waals surface area contributed by atoms with Crippen LogP contribution in [-0.2, 0) is 17.8 Å². The molecule has 1 aliphatic heterocycles. The van der Waals surface area contributed by atoms with Crippen LogP contribution in [0.3, 0.4) is 0 Å². The Morgan fingerprint density at radius 2 is 2.00 bits per heavy atom. The van der Waals surface area contributed by atoms with Crippen LogP contribution in [0.1, 0.15) is 22.9 Å². The molecule has 1 aromatic heterocycles. The highest BCUT2D eigenvalue weighted by atomic mass is 35.5. The van der Waals surface area contributed by atoms with Gasteiger partial charge in [-0.15, -0.1) is 0 Å². The smallest absolute Gasteiger partial charge is 0.244 e. The number of aromatic amines is 1. The molecule has 25 heavy (non-hydrogen) atoms. The van der Waals surface area contributed by atoms with E-state index in [2.05, 4.69) is 4.98 Å². The first kappa shape index (κ1) is 16.5. The number of nitrogens with two attached hydrogens (primary N) is 1. The first-order valence-corrected chi connectivity index (χ1v) is 8.88. The molecular weight excluding hydrogens is 357 g/mol. The molecule has 3 aromatic rings. The molecule has 4 rings (SSSR count). The van der Waals surface area contributed by atoms with Crippen molar-refractivity contribution >= 4 is 40.0 Å². The number of aromatic nitrogens is 1. The van der Waals surface area contributed by atoms with Crippen LogP contribution in [0, 0.1) is 0 Å². The predicted molar refractivity (Wildman–Crippen MR) is 101 cm³/mol. The van der Waals surface area contributed by atoms with Crippen LogP contribution in [0.2, 0.25) is 10.0 Å². The van der Waals surface area contributed by atoms with Crippen molar-refractivity contribution in [2.45, 2.75) is 19.0 Å². The zero-order valence-corrected chi connectivity index (χ0v) is 14.9. The number of H-pyrrole nitrogens is 1. The minimum Gasteiger partial charge on any atom is -0.357 e. The van der Waals surface area contributed by atoms with E-state index in [1.54, 1.807) is 17.0 Å². The Kier molecular flexibility index (Phi) is 4.20. The topological polar surface area (TPSA) is 62.1 Å². The van der Waals surface area contributed by atoms with Gasteiger partial charge in [-0.25, -0.2) is 0 Å². The van der Waals surface area contributed by atoms with E-state index < -0.39 is 6.04 Å². The normalized spacial score (nSPS) is 15.2. The maximum Gasteiger partial charge on any atom is 0.244 e. The largest absolute Gasteiger partial charge is 0.357 e. The Balaban J connectivity index is 1.61. The van der Waals surface area contributed by atoms with Gasteiger partial charge in [0.15, 0.2) is 0 Å². The Hall–Kier alpha value is -2.01. The fourth-order valence-electron chi connectivity index (χ4n) is 3.46. The zero-order chi connectivity index (χ0) is 17.6. The lowest BCUT2D eigenvalue weighted by Gasteiger charge is -2.29. The van der Waals surface area contributed by atoms with Crippen LogP contribution in [-0.4, -0.2) is 22.3 Å². The number of rotatable bonds is 2. The molecule has 1 aliphatic rings. The van der Waals surface area contributed by atoms with Crippen molar-refractivity contribution in [3.05, 3.63) is 69.3 Å². The molecule has 3 N–H and O–H groups in total. The lowest BCUT2D eigenvalue weighted by atomic mass is 10.0. The molecule has 1 atom stereocenters. The monoisotopic (exact) mass is 373 g/mol. The summed E-state index contributed by atoms with van der Waals surface area (Å²) in [5.74, 6) is -0.115. The average molecular weight is 374 g/mol. The minimum absolute atomic E-state index is 0.115. The average Bonchev–Trinajstić information content (AvgIpc) is 2.98. The molecule has 2 heterocycles. The summed E-state index contributed by atoms with van der Waals surface area (Å²) in [6, 6.07) is 12.3. The van der Waals surface area contributed by atoms with Crippen molar-refractivity contribution in [3.63, 3.8) is 0 Å². The van der Waals surface area contributed by atoms with Crippen LogP contribution >= 0.6 is 23.2 Å². The van der Waals surface area contributed by atoms with Crippen molar-refractivity contribution in [1.29, 1.82) is 0 Å². The van der Waals surface area contributed by atoms with Crippen molar-refractivity contribution in [1.82, 2.24) is 9.88 Å². The molecule has 0 fully saturated rings. The maximum atomic E-state index is 12.8. The van der Waals surface area contributed by atoms with E-state index in [0.717, 1.165) is 23.0 Å². The molecule has 1 amide bonds. The summed E-state index contributed by atoms with van der Waals surface area (Å²) in [5, 5.41) is 2.36. The molecule has 0 bridgehead atoms. The molecule has 2 aromatic carbocycles. The highest BCUT2D eigenvalue weighted by Gasteiger charge is 2.28. The highest BCUT2D eigenvalue weighted by molar-refractivity contribution is 6.31. The number of hydrogen-bond acceptors (Lipinski definition) is 2.